The molecule has 3 rings (SSSR count). The summed E-state index contributed by atoms with van der Waals surface area (Å²) >= 11 is 0. The molecule has 0 radical (unpaired) electrons. The molecule has 1 aliphatic rings. The van der Waals surface area contributed by atoms with Crippen molar-refractivity contribution >= 4 is 0 Å². The number of benzene rings is 1. The number of aryl methyl sites for hydroxylation is 2. The third kappa shape index (κ3) is 4.06. The Morgan fingerprint density at radius 1 is 1.07 bits per heavy atom. The quantitative estimate of drug-likeness (QED) is 0.549. The van der Waals surface area contributed by atoms with Crippen LogP contribution in [-0.2, 0) is 24.6 Å². The summed E-state index contributed by atoms with van der Waals surface area (Å²) in [6.07, 6.45) is -5.14. The fourth-order valence-corrected chi connectivity index (χ4v) is 3.29. The maximum absolute atomic E-state index is 10.2. The Hall–Kier alpha value is -1.97. The van der Waals surface area contributed by atoms with Crippen LogP contribution in [0, 0.1) is 6.92 Å². The Kier molecular flexibility index (Phi) is 6.36. The maximum Gasteiger partial charge on any atom is 0.239 e. The van der Waals surface area contributed by atoms with Crippen LogP contribution in [0.3, 0.4) is 0 Å². The van der Waals surface area contributed by atoms with Gasteiger partial charge >= 0.3 is 0 Å². The molecule has 0 spiro atoms. The first-order valence-corrected chi connectivity index (χ1v) is 9.43. The Labute approximate surface area is 164 Å². The molecule has 28 heavy (non-hydrogen) atoms. The summed E-state index contributed by atoms with van der Waals surface area (Å²) in [4.78, 5) is 0. The van der Waals surface area contributed by atoms with E-state index in [1.54, 1.807) is 11.7 Å². The SMILES string of the molecule is CCc1ccc(Cc2c(O[C@@H]3O[C@H](CO)[C@@H](O)[C@H](O)[C@H]3O)nn(C)c2C)cc1. The summed E-state index contributed by atoms with van der Waals surface area (Å²) in [5.41, 5.74) is 4.08. The van der Waals surface area contributed by atoms with Crippen LogP contribution in [0.4, 0.5) is 0 Å². The van der Waals surface area contributed by atoms with Gasteiger partial charge < -0.3 is 29.9 Å². The minimum atomic E-state index is -1.49. The molecular weight excluding hydrogens is 364 g/mol. The molecule has 0 amide bonds. The Morgan fingerprint density at radius 3 is 2.32 bits per heavy atom. The van der Waals surface area contributed by atoms with Crippen LogP contribution in [0.1, 0.15) is 29.3 Å². The van der Waals surface area contributed by atoms with E-state index in [1.807, 2.05) is 6.92 Å². The lowest BCUT2D eigenvalue weighted by Crippen LogP contribution is -2.60. The molecule has 2 aromatic rings. The highest BCUT2D eigenvalue weighted by molar-refractivity contribution is 5.37. The van der Waals surface area contributed by atoms with Gasteiger partial charge in [0.15, 0.2) is 0 Å². The number of hydrogen-bond donors (Lipinski definition) is 4. The number of aromatic nitrogens is 2. The van der Waals surface area contributed by atoms with E-state index in [2.05, 4.69) is 36.3 Å². The van der Waals surface area contributed by atoms with Crippen molar-refractivity contribution in [2.24, 2.45) is 7.05 Å². The standard InChI is InChI=1S/C20H28N2O6/c1-4-12-5-7-13(8-6-12)9-14-11(2)22(3)21-19(14)28-20-18(26)17(25)16(24)15(10-23)27-20/h5-8,15-18,20,23-26H,4,9-10H2,1-3H3/t15-,16-,17+,18-,20+/m1/s1. The van der Waals surface area contributed by atoms with Gasteiger partial charge in [-0.1, -0.05) is 31.2 Å². The molecule has 8 nitrogen and oxygen atoms in total. The number of ether oxygens (including phenoxy) is 2. The van der Waals surface area contributed by atoms with Crippen molar-refractivity contribution in [1.29, 1.82) is 0 Å². The normalized spacial score (nSPS) is 27.8. The average molecular weight is 392 g/mol. The van der Waals surface area contributed by atoms with Gasteiger partial charge in [-0.25, -0.2) is 0 Å². The van der Waals surface area contributed by atoms with Gasteiger partial charge in [-0.15, -0.1) is 5.10 Å². The molecular formula is C20H28N2O6. The summed E-state index contributed by atoms with van der Waals surface area (Å²) in [6, 6.07) is 8.28. The molecule has 5 atom stereocenters. The topological polar surface area (TPSA) is 117 Å². The Balaban J connectivity index is 1.83. The van der Waals surface area contributed by atoms with E-state index in [4.69, 9.17) is 9.47 Å². The third-order valence-electron chi connectivity index (χ3n) is 5.31. The molecule has 0 aliphatic carbocycles. The Bertz CT molecular complexity index is 789. The predicted molar refractivity (Wildman–Crippen MR) is 101 cm³/mol. The molecule has 4 N–H and O–H groups in total. The predicted octanol–water partition coefficient (Wildman–Crippen LogP) is 0.0604. The molecule has 1 saturated heterocycles. The van der Waals surface area contributed by atoms with Gasteiger partial charge in [0.05, 0.1) is 6.61 Å². The zero-order valence-corrected chi connectivity index (χ0v) is 16.3. The van der Waals surface area contributed by atoms with Crippen molar-refractivity contribution in [3.05, 3.63) is 46.6 Å². The lowest BCUT2D eigenvalue weighted by molar-refractivity contribution is -0.278. The van der Waals surface area contributed by atoms with Crippen LogP contribution in [-0.4, -0.2) is 67.5 Å². The second-order valence-corrected chi connectivity index (χ2v) is 7.15. The van der Waals surface area contributed by atoms with Gasteiger partial charge in [0.1, 0.15) is 24.4 Å². The van der Waals surface area contributed by atoms with Gasteiger partial charge in [0, 0.05) is 24.7 Å². The highest BCUT2D eigenvalue weighted by Gasteiger charge is 2.45. The molecule has 0 unspecified atom stereocenters. The van der Waals surface area contributed by atoms with E-state index in [9.17, 15) is 20.4 Å². The smallest absolute Gasteiger partial charge is 0.239 e. The first-order valence-electron chi connectivity index (χ1n) is 9.43. The second-order valence-electron chi connectivity index (χ2n) is 7.15. The van der Waals surface area contributed by atoms with Crippen LogP contribution >= 0.6 is 0 Å². The molecule has 1 aliphatic heterocycles. The summed E-state index contributed by atoms with van der Waals surface area (Å²) < 4.78 is 12.9. The fourth-order valence-electron chi connectivity index (χ4n) is 3.29. The van der Waals surface area contributed by atoms with E-state index < -0.39 is 37.3 Å². The van der Waals surface area contributed by atoms with Crippen LogP contribution in [0.15, 0.2) is 24.3 Å². The third-order valence-corrected chi connectivity index (χ3v) is 5.31. The van der Waals surface area contributed by atoms with Crippen molar-refractivity contribution in [2.75, 3.05) is 6.61 Å². The van der Waals surface area contributed by atoms with E-state index >= 15 is 0 Å². The number of aliphatic hydroxyl groups excluding tert-OH is 4. The highest BCUT2D eigenvalue weighted by Crippen LogP contribution is 2.29. The van der Waals surface area contributed by atoms with Crippen molar-refractivity contribution in [2.45, 2.75) is 57.4 Å². The number of hydrogen-bond acceptors (Lipinski definition) is 7. The Morgan fingerprint density at radius 2 is 1.71 bits per heavy atom. The highest BCUT2D eigenvalue weighted by atomic mass is 16.7. The van der Waals surface area contributed by atoms with E-state index in [0.29, 0.717) is 6.42 Å². The largest absolute Gasteiger partial charge is 0.443 e. The molecule has 1 aromatic carbocycles. The van der Waals surface area contributed by atoms with Gasteiger partial charge in [-0.2, -0.15) is 0 Å². The lowest BCUT2D eigenvalue weighted by Gasteiger charge is -2.39. The molecule has 1 fully saturated rings. The van der Waals surface area contributed by atoms with Gasteiger partial charge in [0.2, 0.25) is 12.2 Å². The van der Waals surface area contributed by atoms with E-state index in [1.165, 1.54) is 5.56 Å². The van der Waals surface area contributed by atoms with Crippen LogP contribution < -0.4 is 4.74 Å². The number of rotatable bonds is 6. The number of nitrogens with zero attached hydrogens (tertiary/aromatic N) is 2. The molecule has 0 saturated carbocycles. The van der Waals surface area contributed by atoms with Crippen molar-refractivity contribution in [3.63, 3.8) is 0 Å². The lowest BCUT2D eigenvalue weighted by atomic mass is 9.99. The van der Waals surface area contributed by atoms with E-state index in [-0.39, 0.29) is 5.88 Å². The first kappa shape index (κ1) is 20.8. The van der Waals surface area contributed by atoms with Gasteiger partial charge in [-0.3, -0.25) is 4.68 Å². The maximum atomic E-state index is 10.2. The molecule has 154 valence electrons. The van der Waals surface area contributed by atoms with Crippen LogP contribution in [0.25, 0.3) is 0 Å². The minimum absolute atomic E-state index is 0.281. The molecule has 0 bridgehead atoms. The average Bonchev–Trinajstić information content (AvgIpc) is 2.96. The van der Waals surface area contributed by atoms with Crippen LogP contribution in [0.2, 0.25) is 0 Å². The summed E-state index contributed by atoms with van der Waals surface area (Å²) in [5, 5.41) is 43.8. The van der Waals surface area contributed by atoms with Gasteiger partial charge in [-0.05, 0) is 24.5 Å². The fraction of sp³-hybridized carbons (Fsp3) is 0.550. The van der Waals surface area contributed by atoms with Gasteiger partial charge in [0.25, 0.3) is 0 Å². The molecule has 8 heteroatoms. The van der Waals surface area contributed by atoms with E-state index in [0.717, 1.165) is 23.2 Å². The summed E-state index contributed by atoms with van der Waals surface area (Å²) in [7, 11) is 1.79. The zero-order chi connectivity index (χ0) is 20.4. The van der Waals surface area contributed by atoms with Crippen molar-refractivity contribution in [3.8, 4) is 5.88 Å². The summed E-state index contributed by atoms with van der Waals surface area (Å²) in [5.74, 6) is 0.281. The van der Waals surface area contributed by atoms with Crippen molar-refractivity contribution in [1.82, 2.24) is 9.78 Å². The van der Waals surface area contributed by atoms with Crippen molar-refractivity contribution < 1.29 is 29.9 Å². The number of aliphatic hydroxyl groups is 4. The first-order chi connectivity index (χ1) is 13.3. The summed E-state index contributed by atoms with van der Waals surface area (Å²) in [6.45, 7) is 3.51. The monoisotopic (exact) mass is 392 g/mol. The second kappa shape index (κ2) is 8.59. The minimum Gasteiger partial charge on any atom is -0.443 e. The molecule has 1 aromatic heterocycles. The van der Waals surface area contributed by atoms with Crippen LogP contribution in [0.5, 0.6) is 5.88 Å². The zero-order valence-electron chi connectivity index (χ0n) is 16.3. The molecule has 2 heterocycles.